The molecule has 1 aromatic carbocycles. The van der Waals surface area contributed by atoms with Crippen LogP contribution in [-0.2, 0) is 6.54 Å². The van der Waals surface area contributed by atoms with Crippen LogP contribution < -0.4 is 0 Å². The summed E-state index contributed by atoms with van der Waals surface area (Å²) in [6.07, 6.45) is 4.00. The van der Waals surface area contributed by atoms with E-state index >= 15 is 0 Å². The molecule has 0 unspecified atom stereocenters. The Morgan fingerprint density at radius 2 is 2.06 bits per heavy atom. The molecule has 0 radical (unpaired) electrons. The Balaban J connectivity index is 2.00. The molecule has 0 saturated carbocycles. The Morgan fingerprint density at radius 1 is 1.31 bits per heavy atom. The lowest BCUT2D eigenvalue weighted by molar-refractivity contribution is 0.152. The first-order chi connectivity index (χ1) is 7.79. The zero-order valence-corrected chi connectivity index (χ0v) is 9.82. The van der Waals surface area contributed by atoms with Crippen molar-refractivity contribution in [1.29, 1.82) is 5.26 Å². The number of hydrogen-bond acceptors (Lipinski definition) is 2. The Hall–Kier alpha value is -1.33. The van der Waals surface area contributed by atoms with E-state index in [-0.39, 0.29) is 0 Å². The quantitative estimate of drug-likeness (QED) is 0.757. The van der Waals surface area contributed by atoms with Gasteiger partial charge in [-0.2, -0.15) is 5.26 Å². The van der Waals surface area contributed by atoms with Crippen molar-refractivity contribution in [2.45, 2.75) is 38.8 Å². The molecule has 0 spiro atoms. The zero-order valence-electron chi connectivity index (χ0n) is 9.82. The Labute approximate surface area is 97.5 Å². The smallest absolute Gasteiger partial charge is 0.0991 e. The molecule has 1 aliphatic heterocycles. The molecular formula is C14H18N2. The lowest BCUT2D eigenvalue weighted by atomic mass is 10.0. The van der Waals surface area contributed by atoms with Gasteiger partial charge >= 0.3 is 0 Å². The predicted octanol–water partition coefficient (Wildman–Crippen LogP) is 2.93. The molecule has 2 nitrogen and oxygen atoms in total. The maximum Gasteiger partial charge on any atom is 0.0991 e. The van der Waals surface area contributed by atoms with Crippen LogP contribution in [0, 0.1) is 11.3 Å². The van der Waals surface area contributed by atoms with Crippen LogP contribution in [0.4, 0.5) is 0 Å². The fraction of sp³-hybridized carbons (Fsp3) is 0.500. The molecule has 0 amide bonds. The number of benzene rings is 1. The first-order valence-electron chi connectivity index (χ1n) is 6.02. The molecule has 1 atom stereocenters. The Bertz CT molecular complexity index is 375. The molecule has 1 fully saturated rings. The summed E-state index contributed by atoms with van der Waals surface area (Å²) < 4.78 is 0. The average Bonchev–Trinajstić information content (AvgIpc) is 2.33. The summed E-state index contributed by atoms with van der Waals surface area (Å²) >= 11 is 0. The van der Waals surface area contributed by atoms with Crippen molar-refractivity contribution in [3.8, 4) is 6.07 Å². The highest BCUT2D eigenvalue weighted by molar-refractivity contribution is 5.31. The van der Waals surface area contributed by atoms with E-state index in [0.29, 0.717) is 6.04 Å². The monoisotopic (exact) mass is 214 g/mol. The molecular weight excluding hydrogens is 196 g/mol. The molecule has 0 aromatic heterocycles. The summed E-state index contributed by atoms with van der Waals surface area (Å²) in [6.45, 7) is 4.54. The predicted molar refractivity (Wildman–Crippen MR) is 64.9 cm³/mol. The largest absolute Gasteiger partial charge is 0.296 e. The van der Waals surface area contributed by atoms with E-state index in [4.69, 9.17) is 5.26 Å². The van der Waals surface area contributed by atoms with E-state index in [0.717, 1.165) is 12.1 Å². The summed E-state index contributed by atoms with van der Waals surface area (Å²) in [5, 5.41) is 8.73. The highest BCUT2D eigenvalue weighted by atomic mass is 15.2. The second-order valence-corrected chi connectivity index (χ2v) is 4.62. The molecule has 2 heteroatoms. The third-order valence-electron chi connectivity index (χ3n) is 3.41. The first kappa shape index (κ1) is 11.2. The van der Waals surface area contributed by atoms with Gasteiger partial charge < -0.3 is 0 Å². The molecule has 1 heterocycles. The SMILES string of the molecule is C[C@@H]1CCCCN1Cc1ccc(C#N)cc1. The Kier molecular flexibility index (Phi) is 3.58. The molecule has 84 valence electrons. The normalized spacial score (nSPS) is 21.6. The van der Waals surface area contributed by atoms with Crippen molar-refractivity contribution in [2.24, 2.45) is 0 Å². The topological polar surface area (TPSA) is 27.0 Å². The molecule has 0 N–H and O–H groups in total. The van der Waals surface area contributed by atoms with Gasteiger partial charge in [-0.05, 0) is 44.0 Å². The van der Waals surface area contributed by atoms with E-state index in [9.17, 15) is 0 Å². The standard InChI is InChI=1S/C14H18N2/c1-12-4-2-3-9-16(12)11-14-7-5-13(10-15)6-8-14/h5-8,12H,2-4,9,11H2,1H3/t12-/m1/s1. The van der Waals surface area contributed by atoms with E-state index < -0.39 is 0 Å². The fourth-order valence-electron chi connectivity index (χ4n) is 2.31. The maximum absolute atomic E-state index is 8.73. The lowest BCUT2D eigenvalue weighted by Gasteiger charge is -2.33. The van der Waals surface area contributed by atoms with Gasteiger partial charge in [-0.25, -0.2) is 0 Å². The minimum Gasteiger partial charge on any atom is -0.296 e. The van der Waals surface area contributed by atoms with E-state index in [2.05, 4.69) is 30.0 Å². The van der Waals surface area contributed by atoms with Crippen LogP contribution in [0.5, 0.6) is 0 Å². The Morgan fingerprint density at radius 3 is 2.69 bits per heavy atom. The van der Waals surface area contributed by atoms with E-state index in [1.807, 2.05) is 12.1 Å². The molecule has 0 aliphatic carbocycles. The minimum absolute atomic E-state index is 0.699. The van der Waals surface area contributed by atoms with Crippen molar-refractivity contribution in [1.82, 2.24) is 4.90 Å². The number of piperidine rings is 1. The highest BCUT2D eigenvalue weighted by Crippen LogP contribution is 2.19. The van der Waals surface area contributed by atoms with E-state index in [1.54, 1.807) is 0 Å². The molecule has 1 saturated heterocycles. The summed E-state index contributed by atoms with van der Waals surface area (Å²) in [5.41, 5.74) is 2.06. The van der Waals surface area contributed by atoms with Gasteiger partial charge in [-0.3, -0.25) is 4.90 Å². The van der Waals surface area contributed by atoms with Crippen molar-refractivity contribution < 1.29 is 0 Å². The number of nitrogens with zero attached hydrogens (tertiary/aromatic N) is 2. The second-order valence-electron chi connectivity index (χ2n) is 4.62. The van der Waals surface area contributed by atoms with Gasteiger partial charge in [0, 0.05) is 12.6 Å². The number of rotatable bonds is 2. The summed E-state index contributed by atoms with van der Waals surface area (Å²) in [7, 11) is 0. The summed E-state index contributed by atoms with van der Waals surface area (Å²) in [5.74, 6) is 0. The lowest BCUT2D eigenvalue weighted by Crippen LogP contribution is -2.36. The van der Waals surface area contributed by atoms with Crippen LogP contribution in [0.2, 0.25) is 0 Å². The maximum atomic E-state index is 8.73. The van der Waals surface area contributed by atoms with Crippen LogP contribution in [0.3, 0.4) is 0 Å². The molecule has 2 rings (SSSR count). The third-order valence-corrected chi connectivity index (χ3v) is 3.41. The number of hydrogen-bond donors (Lipinski definition) is 0. The highest BCUT2D eigenvalue weighted by Gasteiger charge is 2.17. The average molecular weight is 214 g/mol. The van der Waals surface area contributed by atoms with Crippen LogP contribution in [0.15, 0.2) is 24.3 Å². The minimum atomic E-state index is 0.699. The van der Waals surface area contributed by atoms with Gasteiger partial charge in [0.15, 0.2) is 0 Å². The van der Waals surface area contributed by atoms with Crippen molar-refractivity contribution in [2.75, 3.05) is 6.54 Å². The van der Waals surface area contributed by atoms with Gasteiger partial charge in [-0.15, -0.1) is 0 Å². The van der Waals surface area contributed by atoms with Crippen molar-refractivity contribution >= 4 is 0 Å². The van der Waals surface area contributed by atoms with Gasteiger partial charge in [0.25, 0.3) is 0 Å². The molecule has 0 bridgehead atoms. The third kappa shape index (κ3) is 2.62. The zero-order chi connectivity index (χ0) is 11.4. The van der Waals surface area contributed by atoms with Gasteiger partial charge in [0.1, 0.15) is 0 Å². The van der Waals surface area contributed by atoms with Crippen LogP contribution >= 0.6 is 0 Å². The number of nitriles is 1. The first-order valence-corrected chi connectivity index (χ1v) is 6.02. The van der Waals surface area contributed by atoms with Crippen LogP contribution in [0.1, 0.15) is 37.3 Å². The number of likely N-dealkylation sites (tertiary alicyclic amines) is 1. The molecule has 1 aromatic rings. The van der Waals surface area contributed by atoms with E-state index in [1.165, 1.54) is 31.4 Å². The van der Waals surface area contributed by atoms with Gasteiger partial charge in [0.2, 0.25) is 0 Å². The van der Waals surface area contributed by atoms with Crippen molar-refractivity contribution in [3.05, 3.63) is 35.4 Å². The van der Waals surface area contributed by atoms with Crippen molar-refractivity contribution in [3.63, 3.8) is 0 Å². The van der Waals surface area contributed by atoms with Gasteiger partial charge in [0.05, 0.1) is 11.6 Å². The summed E-state index contributed by atoms with van der Waals surface area (Å²) in [4.78, 5) is 2.53. The van der Waals surface area contributed by atoms with Crippen LogP contribution in [-0.4, -0.2) is 17.5 Å². The summed E-state index contributed by atoms with van der Waals surface area (Å²) in [6, 6.07) is 10.8. The van der Waals surface area contributed by atoms with Gasteiger partial charge in [-0.1, -0.05) is 18.6 Å². The molecule has 16 heavy (non-hydrogen) atoms. The fourth-order valence-corrected chi connectivity index (χ4v) is 2.31. The van der Waals surface area contributed by atoms with Crippen LogP contribution in [0.25, 0.3) is 0 Å². The second kappa shape index (κ2) is 5.14. The molecule has 1 aliphatic rings.